The van der Waals surface area contributed by atoms with E-state index in [1.54, 1.807) is 24.9 Å². The van der Waals surface area contributed by atoms with E-state index >= 15 is 0 Å². The van der Waals surface area contributed by atoms with Crippen LogP contribution < -0.4 is 0 Å². The van der Waals surface area contributed by atoms with Gasteiger partial charge < -0.3 is 8.83 Å². The van der Waals surface area contributed by atoms with E-state index < -0.39 is 0 Å². The van der Waals surface area contributed by atoms with Crippen molar-refractivity contribution in [2.24, 2.45) is 0 Å². The zero-order valence-corrected chi connectivity index (χ0v) is 17.1. The van der Waals surface area contributed by atoms with Gasteiger partial charge in [-0.3, -0.25) is 0 Å². The van der Waals surface area contributed by atoms with Crippen molar-refractivity contribution in [2.45, 2.75) is 0 Å². The fourth-order valence-electron chi connectivity index (χ4n) is 4.00. The van der Waals surface area contributed by atoms with Crippen LogP contribution >= 0.6 is 0 Å². The highest BCUT2D eigenvalue weighted by atomic mass is 16.3. The Morgan fingerprint density at radius 3 is 1.31 bits per heavy atom. The summed E-state index contributed by atoms with van der Waals surface area (Å²) in [5, 5.41) is 2.38. The molecule has 0 atom stereocenters. The summed E-state index contributed by atoms with van der Waals surface area (Å²) in [6.45, 7) is 0. The van der Waals surface area contributed by atoms with E-state index in [-0.39, 0.29) is 0 Å². The summed E-state index contributed by atoms with van der Waals surface area (Å²) in [5.74, 6) is 1.26. The molecule has 32 heavy (non-hydrogen) atoms. The highest BCUT2D eigenvalue weighted by Gasteiger charge is 2.08. The van der Waals surface area contributed by atoms with Crippen LogP contribution in [0.2, 0.25) is 0 Å². The van der Waals surface area contributed by atoms with Crippen molar-refractivity contribution in [1.29, 1.82) is 0 Å². The topological polar surface area (TPSA) is 52.1 Å². The molecule has 2 heterocycles. The molecule has 0 aliphatic rings. The lowest BCUT2D eigenvalue weighted by Gasteiger charge is -2.08. The maximum atomic E-state index is 5.45. The maximum Gasteiger partial charge on any atom is 0.225 e. The summed E-state index contributed by atoms with van der Waals surface area (Å²) in [6, 6.07) is 29.6. The van der Waals surface area contributed by atoms with E-state index in [0.29, 0.717) is 11.8 Å². The molecule has 6 aromatic rings. The number of hydrogen-bond donors (Lipinski definition) is 0. The first-order chi connectivity index (χ1) is 15.8. The lowest BCUT2D eigenvalue weighted by molar-refractivity contribution is 0.574. The molecule has 0 radical (unpaired) electrons. The molecule has 0 amide bonds. The van der Waals surface area contributed by atoms with Gasteiger partial charge in [0.15, 0.2) is 0 Å². The molecule has 0 saturated heterocycles. The van der Waals surface area contributed by atoms with E-state index in [2.05, 4.69) is 70.6 Å². The SMILES string of the molecule is c1cc(-c2ccc3cc(-c4cccc(-c5ncco5)c4)ccc3c2)cc(-c2ncco2)c1. The van der Waals surface area contributed by atoms with Crippen LogP contribution in [0.15, 0.2) is 119 Å². The van der Waals surface area contributed by atoms with Crippen LogP contribution in [-0.2, 0) is 0 Å². The number of fused-ring (bicyclic) bond motifs is 1. The minimum absolute atomic E-state index is 0.629. The minimum Gasteiger partial charge on any atom is -0.445 e. The molecule has 0 bridgehead atoms. The van der Waals surface area contributed by atoms with Crippen molar-refractivity contribution < 1.29 is 8.83 Å². The molecule has 2 aromatic heterocycles. The van der Waals surface area contributed by atoms with Crippen molar-refractivity contribution in [1.82, 2.24) is 9.97 Å². The third kappa shape index (κ3) is 3.38. The molecule has 6 rings (SSSR count). The zero-order valence-electron chi connectivity index (χ0n) is 17.1. The van der Waals surface area contributed by atoms with E-state index in [0.717, 1.165) is 33.4 Å². The van der Waals surface area contributed by atoms with Gasteiger partial charge in [0.25, 0.3) is 0 Å². The van der Waals surface area contributed by atoms with Crippen LogP contribution in [-0.4, -0.2) is 9.97 Å². The first-order valence-corrected chi connectivity index (χ1v) is 10.4. The summed E-state index contributed by atoms with van der Waals surface area (Å²) in [6.07, 6.45) is 6.51. The van der Waals surface area contributed by atoms with E-state index in [1.165, 1.54) is 10.8 Å². The molecule has 4 heteroatoms. The Morgan fingerprint density at radius 2 is 0.875 bits per heavy atom. The second-order valence-corrected chi connectivity index (χ2v) is 7.61. The van der Waals surface area contributed by atoms with Gasteiger partial charge in [-0.1, -0.05) is 48.5 Å². The normalized spacial score (nSPS) is 11.1. The molecule has 0 saturated carbocycles. The maximum absolute atomic E-state index is 5.45. The third-order valence-corrected chi connectivity index (χ3v) is 5.59. The molecule has 4 nitrogen and oxygen atoms in total. The molecule has 0 N–H and O–H groups in total. The molecule has 152 valence electrons. The van der Waals surface area contributed by atoms with Gasteiger partial charge in [0, 0.05) is 11.1 Å². The molecular weight excluding hydrogens is 396 g/mol. The Balaban J connectivity index is 1.36. The van der Waals surface area contributed by atoms with Crippen LogP contribution in [0.3, 0.4) is 0 Å². The number of hydrogen-bond acceptors (Lipinski definition) is 4. The molecule has 0 aliphatic carbocycles. The van der Waals surface area contributed by atoms with Crippen LogP contribution in [0.1, 0.15) is 0 Å². The Hall–Kier alpha value is -4.44. The Labute approximate surface area is 184 Å². The van der Waals surface area contributed by atoms with Gasteiger partial charge in [-0.2, -0.15) is 0 Å². The van der Waals surface area contributed by atoms with Gasteiger partial charge in [0.2, 0.25) is 11.8 Å². The molecule has 0 aliphatic heterocycles. The summed E-state index contributed by atoms with van der Waals surface area (Å²) < 4.78 is 10.9. The predicted molar refractivity (Wildman–Crippen MR) is 126 cm³/mol. The van der Waals surface area contributed by atoms with Gasteiger partial charge in [0.05, 0.1) is 12.4 Å². The van der Waals surface area contributed by atoms with Gasteiger partial charge in [0.1, 0.15) is 12.5 Å². The highest BCUT2D eigenvalue weighted by Crippen LogP contribution is 2.31. The van der Waals surface area contributed by atoms with Crippen LogP contribution in [0.4, 0.5) is 0 Å². The standard InChI is InChI=1S/C28H18N2O2/c1-3-19(17-25(5-1)27-29-11-13-31-27)21-7-9-24-16-22(8-10-23(24)15-21)20-4-2-6-26(18-20)28-30-12-14-32-28/h1-18H. The minimum atomic E-state index is 0.629. The largest absolute Gasteiger partial charge is 0.445 e. The Morgan fingerprint density at radius 1 is 0.438 bits per heavy atom. The van der Waals surface area contributed by atoms with E-state index in [9.17, 15) is 0 Å². The summed E-state index contributed by atoms with van der Waals surface area (Å²) in [5.41, 5.74) is 6.51. The number of aromatic nitrogens is 2. The Kier molecular flexibility index (Phi) is 4.40. The predicted octanol–water partition coefficient (Wildman–Crippen LogP) is 7.48. The van der Waals surface area contributed by atoms with E-state index in [4.69, 9.17) is 8.83 Å². The van der Waals surface area contributed by atoms with Crippen molar-refractivity contribution in [2.75, 3.05) is 0 Å². The quantitative estimate of drug-likeness (QED) is 0.300. The van der Waals surface area contributed by atoms with Crippen LogP contribution in [0.5, 0.6) is 0 Å². The fraction of sp³-hybridized carbons (Fsp3) is 0. The number of nitrogens with zero attached hydrogens (tertiary/aromatic N) is 2. The van der Waals surface area contributed by atoms with Crippen molar-refractivity contribution in [3.8, 4) is 45.2 Å². The van der Waals surface area contributed by atoms with Crippen LogP contribution in [0, 0.1) is 0 Å². The molecule has 0 unspecified atom stereocenters. The van der Waals surface area contributed by atoms with Gasteiger partial charge in [-0.15, -0.1) is 0 Å². The lowest BCUT2D eigenvalue weighted by atomic mass is 9.96. The first kappa shape index (κ1) is 18.3. The Bertz CT molecular complexity index is 1400. The average Bonchev–Trinajstić information content (AvgIpc) is 3.59. The summed E-state index contributed by atoms with van der Waals surface area (Å²) in [4.78, 5) is 8.51. The molecule has 4 aromatic carbocycles. The third-order valence-electron chi connectivity index (χ3n) is 5.59. The lowest BCUT2D eigenvalue weighted by Crippen LogP contribution is -1.84. The summed E-state index contributed by atoms with van der Waals surface area (Å²) in [7, 11) is 0. The fourth-order valence-corrected chi connectivity index (χ4v) is 4.00. The van der Waals surface area contributed by atoms with Gasteiger partial charge in [-0.25, -0.2) is 9.97 Å². The number of oxazole rings is 2. The highest BCUT2D eigenvalue weighted by molar-refractivity contribution is 5.91. The smallest absolute Gasteiger partial charge is 0.225 e. The van der Waals surface area contributed by atoms with Crippen molar-refractivity contribution in [3.63, 3.8) is 0 Å². The molecule has 0 spiro atoms. The monoisotopic (exact) mass is 414 g/mol. The second-order valence-electron chi connectivity index (χ2n) is 7.61. The average molecular weight is 414 g/mol. The van der Waals surface area contributed by atoms with Crippen molar-refractivity contribution >= 4 is 10.8 Å². The number of benzene rings is 4. The first-order valence-electron chi connectivity index (χ1n) is 10.4. The van der Waals surface area contributed by atoms with Crippen LogP contribution in [0.25, 0.3) is 55.9 Å². The number of rotatable bonds is 4. The van der Waals surface area contributed by atoms with E-state index in [1.807, 2.05) is 24.3 Å². The van der Waals surface area contributed by atoms with Gasteiger partial charge in [-0.05, 0) is 69.4 Å². The summed E-state index contributed by atoms with van der Waals surface area (Å²) >= 11 is 0. The zero-order chi connectivity index (χ0) is 21.3. The second kappa shape index (κ2) is 7.67. The molecular formula is C28H18N2O2. The molecule has 0 fully saturated rings. The van der Waals surface area contributed by atoms with Gasteiger partial charge >= 0.3 is 0 Å². The van der Waals surface area contributed by atoms with Crippen molar-refractivity contribution in [3.05, 3.63) is 110 Å².